The van der Waals surface area contributed by atoms with Gasteiger partial charge in [0, 0.05) is 12.0 Å². The number of carboxylic acid groups (broad SMARTS) is 1. The fraction of sp³-hybridized carbons (Fsp3) is 0.857. The summed E-state index contributed by atoms with van der Waals surface area (Å²) in [7, 11) is 0. The lowest BCUT2D eigenvalue weighted by atomic mass is 9.66. The molecule has 0 aromatic rings. The summed E-state index contributed by atoms with van der Waals surface area (Å²) >= 11 is 0. The molecule has 18 heavy (non-hydrogen) atoms. The number of carboxylic acids is 1. The zero-order valence-electron chi connectivity index (χ0n) is 11.7. The second-order valence-corrected chi connectivity index (χ2v) is 5.86. The topological polar surface area (TPSA) is 66.4 Å². The third kappa shape index (κ3) is 3.47. The Labute approximate surface area is 109 Å². The van der Waals surface area contributed by atoms with E-state index >= 15 is 0 Å². The van der Waals surface area contributed by atoms with Gasteiger partial charge in [-0.05, 0) is 31.6 Å². The van der Waals surface area contributed by atoms with Crippen LogP contribution in [0.2, 0.25) is 0 Å². The summed E-state index contributed by atoms with van der Waals surface area (Å²) in [4.78, 5) is 23.2. The van der Waals surface area contributed by atoms with Crippen molar-refractivity contribution in [1.29, 1.82) is 0 Å². The van der Waals surface area contributed by atoms with Gasteiger partial charge in [-0.1, -0.05) is 27.2 Å². The Balaban J connectivity index is 2.46. The van der Waals surface area contributed by atoms with E-state index in [2.05, 4.69) is 5.32 Å². The minimum Gasteiger partial charge on any atom is -0.481 e. The third-order valence-electron chi connectivity index (χ3n) is 4.08. The molecule has 1 aliphatic carbocycles. The van der Waals surface area contributed by atoms with E-state index in [1.807, 2.05) is 20.8 Å². The van der Waals surface area contributed by atoms with Crippen molar-refractivity contribution in [2.24, 2.45) is 17.3 Å². The first-order valence-corrected chi connectivity index (χ1v) is 6.92. The molecular weight excluding hydrogens is 230 g/mol. The number of carbonyl (C=O) groups is 2. The molecule has 0 saturated heterocycles. The molecule has 1 amide bonds. The normalized spacial score (nSPS) is 19.1. The highest BCUT2D eigenvalue weighted by atomic mass is 16.4. The second-order valence-electron chi connectivity index (χ2n) is 5.86. The lowest BCUT2D eigenvalue weighted by Crippen LogP contribution is -2.47. The molecular formula is C14H25NO3. The van der Waals surface area contributed by atoms with E-state index in [1.165, 1.54) is 0 Å². The largest absolute Gasteiger partial charge is 0.481 e. The first-order chi connectivity index (χ1) is 8.41. The number of carbonyl (C=O) groups excluding carboxylic acids is 1. The van der Waals surface area contributed by atoms with Crippen LogP contribution in [-0.2, 0) is 9.59 Å². The Hall–Kier alpha value is -1.06. The second kappa shape index (κ2) is 6.21. The van der Waals surface area contributed by atoms with E-state index in [4.69, 9.17) is 5.11 Å². The van der Waals surface area contributed by atoms with Gasteiger partial charge in [0.1, 0.15) is 0 Å². The molecule has 0 heterocycles. The standard InChI is InChI=1S/C14H25NO3/c1-4-14(6-5-7-14)13(18)15-9-11(12(16)17)8-10(2)3/h10-11H,4-9H2,1-3H3,(H,15,18)(H,16,17). The highest BCUT2D eigenvalue weighted by molar-refractivity contribution is 5.84. The van der Waals surface area contributed by atoms with Gasteiger partial charge in [0.05, 0.1) is 5.92 Å². The molecule has 4 nitrogen and oxygen atoms in total. The smallest absolute Gasteiger partial charge is 0.308 e. The summed E-state index contributed by atoms with van der Waals surface area (Å²) in [6.45, 7) is 6.28. The lowest BCUT2D eigenvalue weighted by Gasteiger charge is -2.39. The van der Waals surface area contributed by atoms with E-state index in [0.29, 0.717) is 12.3 Å². The van der Waals surface area contributed by atoms with E-state index in [0.717, 1.165) is 25.7 Å². The van der Waals surface area contributed by atoms with Crippen molar-refractivity contribution < 1.29 is 14.7 Å². The van der Waals surface area contributed by atoms with Crippen molar-refractivity contribution in [3.05, 3.63) is 0 Å². The summed E-state index contributed by atoms with van der Waals surface area (Å²) in [5.41, 5.74) is -0.207. The Morgan fingerprint density at radius 1 is 1.33 bits per heavy atom. The molecule has 1 saturated carbocycles. The molecule has 0 radical (unpaired) electrons. The zero-order chi connectivity index (χ0) is 13.8. The number of amides is 1. The van der Waals surface area contributed by atoms with Crippen molar-refractivity contribution >= 4 is 11.9 Å². The number of nitrogens with one attached hydrogen (secondary N) is 1. The number of aliphatic carboxylic acids is 1. The molecule has 1 fully saturated rings. The Kier molecular flexibility index (Phi) is 5.17. The van der Waals surface area contributed by atoms with Crippen LogP contribution in [0, 0.1) is 17.3 Å². The molecule has 0 aliphatic heterocycles. The molecule has 1 unspecified atom stereocenters. The highest BCUT2D eigenvalue weighted by Gasteiger charge is 2.42. The van der Waals surface area contributed by atoms with Crippen LogP contribution in [0.15, 0.2) is 0 Å². The summed E-state index contributed by atoms with van der Waals surface area (Å²) in [6, 6.07) is 0. The van der Waals surface area contributed by atoms with Gasteiger partial charge < -0.3 is 10.4 Å². The van der Waals surface area contributed by atoms with Gasteiger partial charge in [0.15, 0.2) is 0 Å². The Morgan fingerprint density at radius 3 is 2.28 bits per heavy atom. The maximum atomic E-state index is 12.1. The van der Waals surface area contributed by atoms with Crippen LogP contribution in [0.25, 0.3) is 0 Å². The van der Waals surface area contributed by atoms with Crippen LogP contribution in [-0.4, -0.2) is 23.5 Å². The zero-order valence-corrected chi connectivity index (χ0v) is 11.7. The average Bonchev–Trinajstić information content (AvgIpc) is 2.22. The molecule has 0 aromatic heterocycles. The van der Waals surface area contributed by atoms with E-state index in [-0.39, 0.29) is 17.9 Å². The number of hydrogen-bond donors (Lipinski definition) is 2. The molecule has 1 atom stereocenters. The molecule has 1 aliphatic rings. The number of hydrogen-bond acceptors (Lipinski definition) is 2. The van der Waals surface area contributed by atoms with Crippen molar-refractivity contribution in [3.8, 4) is 0 Å². The third-order valence-corrected chi connectivity index (χ3v) is 4.08. The molecule has 1 rings (SSSR count). The van der Waals surface area contributed by atoms with Gasteiger partial charge in [-0.2, -0.15) is 0 Å². The van der Waals surface area contributed by atoms with Gasteiger partial charge in [-0.15, -0.1) is 0 Å². The summed E-state index contributed by atoms with van der Waals surface area (Å²) in [5.74, 6) is -0.913. The highest BCUT2D eigenvalue weighted by Crippen LogP contribution is 2.43. The van der Waals surface area contributed by atoms with E-state index < -0.39 is 11.9 Å². The van der Waals surface area contributed by atoms with Crippen molar-refractivity contribution in [2.45, 2.75) is 52.9 Å². The van der Waals surface area contributed by atoms with Crippen LogP contribution < -0.4 is 5.32 Å². The molecule has 0 spiro atoms. The van der Waals surface area contributed by atoms with Gasteiger partial charge in [-0.3, -0.25) is 9.59 Å². The quantitative estimate of drug-likeness (QED) is 0.734. The van der Waals surface area contributed by atoms with E-state index in [9.17, 15) is 9.59 Å². The number of rotatable bonds is 7. The van der Waals surface area contributed by atoms with Crippen LogP contribution in [0.4, 0.5) is 0 Å². The molecule has 104 valence electrons. The monoisotopic (exact) mass is 255 g/mol. The van der Waals surface area contributed by atoms with Gasteiger partial charge in [-0.25, -0.2) is 0 Å². The van der Waals surface area contributed by atoms with E-state index in [1.54, 1.807) is 0 Å². The fourth-order valence-corrected chi connectivity index (χ4v) is 2.59. The minimum absolute atomic E-state index is 0.0475. The average molecular weight is 255 g/mol. The van der Waals surface area contributed by atoms with Crippen molar-refractivity contribution in [2.75, 3.05) is 6.54 Å². The van der Waals surface area contributed by atoms with Crippen LogP contribution >= 0.6 is 0 Å². The predicted molar refractivity (Wildman–Crippen MR) is 70.2 cm³/mol. The summed E-state index contributed by atoms with van der Waals surface area (Å²) in [6.07, 6.45) is 4.44. The molecule has 2 N–H and O–H groups in total. The fourth-order valence-electron chi connectivity index (χ4n) is 2.59. The van der Waals surface area contributed by atoms with Crippen molar-refractivity contribution in [3.63, 3.8) is 0 Å². The molecule has 4 heteroatoms. The van der Waals surface area contributed by atoms with Crippen molar-refractivity contribution in [1.82, 2.24) is 5.32 Å². The SMILES string of the molecule is CCC1(C(=O)NCC(CC(C)C)C(=O)O)CCC1. The van der Waals surface area contributed by atoms with Gasteiger partial charge >= 0.3 is 5.97 Å². The minimum atomic E-state index is -0.817. The van der Waals surface area contributed by atoms with Crippen LogP contribution in [0.1, 0.15) is 52.9 Å². The maximum absolute atomic E-state index is 12.1. The first-order valence-electron chi connectivity index (χ1n) is 6.92. The first kappa shape index (κ1) is 15.0. The predicted octanol–water partition coefficient (Wildman–Crippen LogP) is 2.43. The molecule has 0 bridgehead atoms. The van der Waals surface area contributed by atoms with Gasteiger partial charge in [0.25, 0.3) is 0 Å². The maximum Gasteiger partial charge on any atom is 0.308 e. The Bertz CT molecular complexity index is 303. The Morgan fingerprint density at radius 2 is 1.94 bits per heavy atom. The van der Waals surface area contributed by atoms with Crippen LogP contribution in [0.5, 0.6) is 0 Å². The summed E-state index contributed by atoms with van der Waals surface area (Å²) in [5, 5.41) is 12.0. The van der Waals surface area contributed by atoms with Gasteiger partial charge in [0.2, 0.25) is 5.91 Å². The molecule has 0 aromatic carbocycles. The lowest BCUT2D eigenvalue weighted by molar-refractivity contribution is -0.143. The summed E-state index contributed by atoms with van der Waals surface area (Å²) < 4.78 is 0. The van der Waals surface area contributed by atoms with Crippen LogP contribution in [0.3, 0.4) is 0 Å².